The van der Waals surface area contributed by atoms with Crippen molar-refractivity contribution in [3.63, 3.8) is 0 Å². The summed E-state index contributed by atoms with van der Waals surface area (Å²) in [4.78, 5) is 28.7. The smallest absolute Gasteiger partial charge is 0.261 e. The molecule has 0 heterocycles. The van der Waals surface area contributed by atoms with Crippen LogP contribution in [0.3, 0.4) is 0 Å². The molecule has 0 radical (unpaired) electrons. The summed E-state index contributed by atoms with van der Waals surface area (Å²) >= 11 is 3.52. The number of hydrogen-bond acceptors (Lipinski definition) is 3. The van der Waals surface area contributed by atoms with E-state index in [4.69, 9.17) is 4.74 Å². The zero-order valence-electron chi connectivity index (χ0n) is 21.5. The number of amides is 2. The number of carbonyl (C=O) groups is 2. The van der Waals surface area contributed by atoms with Crippen molar-refractivity contribution < 1.29 is 14.3 Å². The Morgan fingerprint density at radius 3 is 2.31 bits per heavy atom. The Balaban J connectivity index is 1.90. The van der Waals surface area contributed by atoms with Gasteiger partial charge in [0.2, 0.25) is 5.91 Å². The Morgan fingerprint density at radius 2 is 1.64 bits per heavy atom. The van der Waals surface area contributed by atoms with E-state index in [0.29, 0.717) is 31.2 Å². The van der Waals surface area contributed by atoms with E-state index in [-0.39, 0.29) is 18.4 Å². The number of carbonyl (C=O) groups excluding carboxylic acids is 2. The van der Waals surface area contributed by atoms with Crippen LogP contribution < -0.4 is 10.1 Å². The molecule has 0 saturated carbocycles. The normalized spacial score (nSPS) is 11.7. The predicted molar refractivity (Wildman–Crippen MR) is 148 cm³/mol. The number of halogens is 1. The minimum atomic E-state index is -0.680. The van der Waals surface area contributed by atoms with Crippen molar-refractivity contribution in [1.29, 1.82) is 0 Å². The Kier molecular flexibility index (Phi) is 10.1. The van der Waals surface area contributed by atoms with E-state index >= 15 is 0 Å². The Labute approximate surface area is 223 Å². The first kappa shape index (κ1) is 27.5. The third kappa shape index (κ3) is 8.23. The van der Waals surface area contributed by atoms with Crippen LogP contribution in [-0.4, -0.2) is 35.9 Å². The maximum atomic E-state index is 13.6. The molecule has 0 saturated heterocycles. The van der Waals surface area contributed by atoms with E-state index in [9.17, 15) is 9.59 Å². The second-order valence-electron chi connectivity index (χ2n) is 9.53. The fourth-order valence-corrected chi connectivity index (χ4v) is 4.29. The highest BCUT2D eigenvalue weighted by Crippen LogP contribution is 2.20. The monoisotopic (exact) mass is 550 g/mol. The summed E-state index contributed by atoms with van der Waals surface area (Å²) in [5, 5.41) is 3.04. The summed E-state index contributed by atoms with van der Waals surface area (Å²) in [5.74, 6) is 0.530. The van der Waals surface area contributed by atoms with Gasteiger partial charge in [-0.2, -0.15) is 0 Å². The number of rotatable bonds is 11. The van der Waals surface area contributed by atoms with Crippen LogP contribution in [0.5, 0.6) is 5.75 Å². The van der Waals surface area contributed by atoms with Crippen LogP contribution in [0.4, 0.5) is 0 Å². The first-order valence-electron chi connectivity index (χ1n) is 12.3. The van der Waals surface area contributed by atoms with Gasteiger partial charge in [0.15, 0.2) is 6.61 Å². The fraction of sp³-hybridized carbons (Fsp3) is 0.333. The van der Waals surface area contributed by atoms with Crippen LogP contribution in [0.1, 0.15) is 36.1 Å². The number of aryl methyl sites for hydroxylation is 2. The lowest BCUT2D eigenvalue weighted by Crippen LogP contribution is -2.52. The maximum absolute atomic E-state index is 13.6. The van der Waals surface area contributed by atoms with Crippen molar-refractivity contribution in [1.82, 2.24) is 10.2 Å². The van der Waals surface area contributed by atoms with Crippen LogP contribution in [0.2, 0.25) is 0 Å². The van der Waals surface area contributed by atoms with Crippen molar-refractivity contribution in [3.05, 3.63) is 99.5 Å². The van der Waals surface area contributed by atoms with Gasteiger partial charge in [-0.3, -0.25) is 9.59 Å². The molecule has 3 aromatic carbocycles. The second kappa shape index (κ2) is 13.3. The van der Waals surface area contributed by atoms with Gasteiger partial charge in [0.05, 0.1) is 0 Å². The molecule has 0 fully saturated rings. The van der Waals surface area contributed by atoms with Crippen LogP contribution in [0.25, 0.3) is 0 Å². The fourth-order valence-electron chi connectivity index (χ4n) is 3.84. The van der Waals surface area contributed by atoms with Crippen LogP contribution >= 0.6 is 15.9 Å². The zero-order valence-corrected chi connectivity index (χ0v) is 23.0. The summed E-state index contributed by atoms with van der Waals surface area (Å²) < 4.78 is 6.81. The number of benzene rings is 3. The lowest BCUT2D eigenvalue weighted by molar-refractivity contribution is -0.142. The Bertz CT molecular complexity index is 1160. The van der Waals surface area contributed by atoms with Gasteiger partial charge < -0.3 is 15.0 Å². The lowest BCUT2D eigenvalue weighted by Gasteiger charge is -2.31. The molecule has 0 bridgehead atoms. The summed E-state index contributed by atoms with van der Waals surface area (Å²) in [6.07, 6.45) is 0.411. The van der Waals surface area contributed by atoms with Crippen molar-refractivity contribution in [2.45, 2.75) is 46.7 Å². The molecule has 190 valence electrons. The van der Waals surface area contributed by atoms with Gasteiger partial charge in [-0.15, -0.1) is 0 Å². The highest BCUT2D eigenvalue weighted by atomic mass is 79.9. The minimum absolute atomic E-state index is 0.154. The highest BCUT2D eigenvalue weighted by Gasteiger charge is 2.30. The van der Waals surface area contributed by atoms with E-state index in [1.807, 2.05) is 100 Å². The maximum Gasteiger partial charge on any atom is 0.261 e. The Hall–Kier alpha value is -3.12. The van der Waals surface area contributed by atoms with Gasteiger partial charge in [-0.25, -0.2) is 0 Å². The quantitative estimate of drug-likeness (QED) is 0.325. The molecule has 0 aliphatic carbocycles. The van der Waals surface area contributed by atoms with Crippen molar-refractivity contribution in [3.8, 4) is 5.75 Å². The molecule has 0 aliphatic heterocycles. The molecule has 1 unspecified atom stereocenters. The summed E-state index contributed by atoms with van der Waals surface area (Å²) in [7, 11) is 0. The second-order valence-corrected chi connectivity index (χ2v) is 10.4. The average molecular weight is 552 g/mol. The number of nitrogens with one attached hydrogen (secondary N) is 1. The average Bonchev–Trinajstić information content (AvgIpc) is 2.86. The third-order valence-electron chi connectivity index (χ3n) is 6.04. The topological polar surface area (TPSA) is 58.6 Å². The van der Waals surface area contributed by atoms with Gasteiger partial charge in [-0.1, -0.05) is 78.3 Å². The molecule has 3 rings (SSSR count). The first-order valence-corrected chi connectivity index (χ1v) is 13.1. The molecule has 2 amide bonds. The van der Waals surface area contributed by atoms with Crippen LogP contribution in [-0.2, 0) is 22.6 Å². The van der Waals surface area contributed by atoms with Gasteiger partial charge in [-0.05, 0) is 66.3 Å². The molecule has 0 aromatic heterocycles. The van der Waals surface area contributed by atoms with E-state index < -0.39 is 6.04 Å². The zero-order chi connectivity index (χ0) is 26.1. The van der Waals surface area contributed by atoms with E-state index in [0.717, 1.165) is 26.7 Å². The van der Waals surface area contributed by atoms with Crippen molar-refractivity contribution in [2.24, 2.45) is 5.92 Å². The summed E-state index contributed by atoms with van der Waals surface area (Å²) in [6.45, 7) is 8.83. The van der Waals surface area contributed by atoms with Crippen molar-refractivity contribution in [2.75, 3.05) is 13.2 Å². The molecule has 36 heavy (non-hydrogen) atoms. The first-order chi connectivity index (χ1) is 17.2. The van der Waals surface area contributed by atoms with E-state index in [1.54, 1.807) is 4.90 Å². The molecule has 0 aliphatic rings. The van der Waals surface area contributed by atoms with Crippen LogP contribution in [0, 0.1) is 19.8 Å². The molecule has 0 spiro atoms. The number of ether oxygens (including phenoxy) is 1. The van der Waals surface area contributed by atoms with Gasteiger partial charge in [0, 0.05) is 24.0 Å². The highest BCUT2D eigenvalue weighted by molar-refractivity contribution is 9.10. The molecular formula is C30H35BrN2O3. The lowest BCUT2D eigenvalue weighted by atomic mass is 10.0. The molecular weight excluding hydrogens is 516 g/mol. The van der Waals surface area contributed by atoms with Gasteiger partial charge >= 0.3 is 0 Å². The SMILES string of the molecule is Cc1ccc(OCC(=O)N(Cc2cccc(Br)c2)C(Cc2ccccc2)C(=O)NCC(C)C)cc1C. The Morgan fingerprint density at radius 1 is 0.917 bits per heavy atom. The molecule has 3 aromatic rings. The minimum Gasteiger partial charge on any atom is -0.484 e. The molecule has 1 N–H and O–H groups in total. The van der Waals surface area contributed by atoms with E-state index in [1.165, 1.54) is 0 Å². The summed E-state index contributed by atoms with van der Waals surface area (Å²) in [5.41, 5.74) is 4.18. The third-order valence-corrected chi connectivity index (χ3v) is 6.53. The van der Waals surface area contributed by atoms with Gasteiger partial charge in [0.25, 0.3) is 5.91 Å². The molecule has 1 atom stereocenters. The molecule has 6 heteroatoms. The number of nitrogens with zero attached hydrogens (tertiary/aromatic N) is 1. The predicted octanol–water partition coefficient (Wildman–Crippen LogP) is 5.86. The van der Waals surface area contributed by atoms with E-state index in [2.05, 4.69) is 21.2 Å². The summed E-state index contributed by atoms with van der Waals surface area (Å²) in [6, 6.07) is 22.7. The number of hydrogen-bond donors (Lipinski definition) is 1. The molecule has 5 nitrogen and oxygen atoms in total. The van der Waals surface area contributed by atoms with Gasteiger partial charge in [0.1, 0.15) is 11.8 Å². The standard InChI is InChI=1S/C30H35BrN2O3/c1-21(2)18-32-30(35)28(17-24-9-6-5-7-10-24)33(19-25-11-8-12-26(31)16-25)29(34)20-36-27-14-13-22(3)23(4)15-27/h5-16,21,28H,17-20H2,1-4H3,(H,32,35). The van der Waals surface area contributed by atoms with Crippen LogP contribution in [0.15, 0.2) is 77.3 Å². The van der Waals surface area contributed by atoms with Crippen molar-refractivity contribution >= 4 is 27.7 Å². The largest absolute Gasteiger partial charge is 0.484 e.